The molecule has 1 amide bonds. The van der Waals surface area contributed by atoms with Crippen LogP contribution in [0.2, 0.25) is 0 Å². The molecule has 174 valence electrons. The van der Waals surface area contributed by atoms with Gasteiger partial charge in [-0.05, 0) is 87.4 Å². The first-order valence-electron chi connectivity index (χ1n) is 10.8. The Bertz CT molecular complexity index is 1290. The lowest BCUT2D eigenvalue weighted by Crippen LogP contribution is -2.13. The first-order valence-corrected chi connectivity index (χ1v) is 10.8. The number of benzene rings is 2. The van der Waals surface area contributed by atoms with Crippen LogP contribution in [0.4, 0.5) is 5.69 Å². The molecular formula is C27H27N3O4. The number of nitriles is 1. The van der Waals surface area contributed by atoms with Crippen LogP contribution >= 0.6 is 0 Å². The molecule has 0 atom stereocenters. The van der Waals surface area contributed by atoms with Crippen LogP contribution in [0.5, 0.6) is 5.75 Å². The minimum Gasteiger partial charge on any atom is -0.494 e. The maximum absolute atomic E-state index is 12.7. The Morgan fingerprint density at radius 3 is 2.44 bits per heavy atom. The summed E-state index contributed by atoms with van der Waals surface area (Å²) >= 11 is 0. The zero-order valence-corrected chi connectivity index (χ0v) is 19.9. The highest BCUT2D eigenvalue weighted by Crippen LogP contribution is 2.27. The molecule has 7 heteroatoms. The van der Waals surface area contributed by atoms with Gasteiger partial charge in [0.25, 0.3) is 5.91 Å². The number of methoxy groups -OCH3 is 1. The average molecular weight is 458 g/mol. The third kappa shape index (κ3) is 5.02. The number of hydrogen-bond donors (Lipinski definition) is 1. The van der Waals surface area contributed by atoms with Crippen molar-refractivity contribution in [2.24, 2.45) is 0 Å². The molecule has 7 nitrogen and oxygen atoms in total. The number of nitrogens with one attached hydrogen (secondary N) is 1. The van der Waals surface area contributed by atoms with Gasteiger partial charge in [0.05, 0.1) is 19.3 Å². The van der Waals surface area contributed by atoms with Gasteiger partial charge >= 0.3 is 5.97 Å². The fourth-order valence-corrected chi connectivity index (χ4v) is 3.80. The second-order valence-corrected chi connectivity index (χ2v) is 7.68. The summed E-state index contributed by atoms with van der Waals surface area (Å²) in [6, 6.07) is 16.3. The van der Waals surface area contributed by atoms with Gasteiger partial charge in [-0.3, -0.25) is 4.79 Å². The van der Waals surface area contributed by atoms with E-state index in [9.17, 15) is 14.9 Å². The SMILES string of the molecule is CCOc1ccc(NC(=O)/C(C#N)=C\c2cc(C)n(-c3cccc(C(=O)OC)c3C)c2C)cc1. The molecule has 1 N–H and O–H groups in total. The second kappa shape index (κ2) is 10.5. The van der Waals surface area contributed by atoms with Crippen molar-refractivity contribution < 1.29 is 19.1 Å². The molecule has 0 spiro atoms. The summed E-state index contributed by atoms with van der Waals surface area (Å²) in [7, 11) is 1.35. The van der Waals surface area contributed by atoms with E-state index in [1.165, 1.54) is 7.11 Å². The van der Waals surface area contributed by atoms with Crippen LogP contribution in [-0.2, 0) is 9.53 Å². The number of carbonyl (C=O) groups excluding carboxylic acids is 2. The summed E-state index contributed by atoms with van der Waals surface area (Å²) < 4.78 is 12.3. The minimum atomic E-state index is -0.500. The number of aryl methyl sites for hydroxylation is 1. The predicted molar refractivity (Wildman–Crippen MR) is 131 cm³/mol. The first-order chi connectivity index (χ1) is 16.3. The number of ether oxygens (including phenoxy) is 2. The summed E-state index contributed by atoms with van der Waals surface area (Å²) in [5.74, 6) is -0.199. The van der Waals surface area contributed by atoms with E-state index in [2.05, 4.69) is 5.32 Å². The van der Waals surface area contributed by atoms with Gasteiger partial charge in [0.2, 0.25) is 0 Å². The lowest BCUT2D eigenvalue weighted by atomic mass is 10.1. The Morgan fingerprint density at radius 2 is 1.82 bits per heavy atom. The van der Waals surface area contributed by atoms with E-state index < -0.39 is 11.9 Å². The second-order valence-electron chi connectivity index (χ2n) is 7.68. The van der Waals surface area contributed by atoms with Crippen molar-refractivity contribution >= 4 is 23.6 Å². The molecule has 1 aromatic heterocycles. The molecule has 0 fully saturated rings. The maximum Gasteiger partial charge on any atom is 0.338 e. The maximum atomic E-state index is 12.7. The van der Waals surface area contributed by atoms with Crippen LogP contribution in [0.25, 0.3) is 11.8 Å². The molecule has 0 saturated heterocycles. The first kappa shape index (κ1) is 24.3. The number of esters is 1. The molecule has 1 heterocycles. The Kier molecular flexibility index (Phi) is 7.54. The van der Waals surface area contributed by atoms with Crippen LogP contribution in [0, 0.1) is 32.1 Å². The van der Waals surface area contributed by atoms with Gasteiger partial charge in [0, 0.05) is 22.8 Å². The smallest absolute Gasteiger partial charge is 0.338 e. The lowest BCUT2D eigenvalue weighted by Gasteiger charge is -2.15. The molecular weight excluding hydrogens is 430 g/mol. The predicted octanol–water partition coefficient (Wildman–Crippen LogP) is 5.13. The normalized spacial score (nSPS) is 11.0. The zero-order valence-electron chi connectivity index (χ0n) is 19.9. The van der Waals surface area contributed by atoms with Crippen molar-refractivity contribution in [2.75, 3.05) is 19.0 Å². The van der Waals surface area contributed by atoms with E-state index in [1.807, 2.05) is 50.5 Å². The van der Waals surface area contributed by atoms with Crippen molar-refractivity contribution in [3.63, 3.8) is 0 Å². The standard InChI is InChI=1S/C27H27N3O4/c1-6-34-23-12-10-22(11-13-23)29-26(31)21(16-28)15-20-14-17(2)30(19(20)4)25-9-7-8-24(18(25)3)27(32)33-5/h7-15H,6H2,1-5H3,(H,29,31)/b21-15-. The quantitative estimate of drug-likeness (QED) is 0.301. The zero-order chi connectivity index (χ0) is 24.8. The molecule has 0 aliphatic rings. The number of carbonyl (C=O) groups is 2. The number of aromatic nitrogens is 1. The van der Waals surface area contributed by atoms with Crippen molar-refractivity contribution in [1.82, 2.24) is 4.57 Å². The fraction of sp³-hybridized carbons (Fsp3) is 0.222. The van der Waals surface area contributed by atoms with E-state index >= 15 is 0 Å². The van der Waals surface area contributed by atoms with Gasteiger partial charge < -0.3 is 19.4 Å². The molecule has 2 aromatic carbocycles. The average Bonchev–Trinajstić information content (AvgIpc) is 3.11. The third-order valence-corrected chi connectivity index (χ3v) is 5.51. The number of anilines is 1. The number of amides is 1. The molecule has 0 saturated carbocycles. The van der Waals surface area contributed by atoms with Gasteiger partial charge in [-0.2, -0.15) is 5.26 Å². The Morgan fingerprint density at radius 1 is 1.12 bits per heavy atom. The fourth-order valence-electron chi connectivity index (χ4n) is 3.80. The van der Waals surface area contributed by atoms with Crippen LogP contribution in [0.3, 0.4) is 0 Å². The molecule has 0 aliphatic heterocycles. The Labute approximate surface area is 199 Å². The summed E-state index contributed by atoms with van der Waals surface area (Å²) in [5.41, 5.74) is 5.11. The molecule has 34 heavy (non-hydrogen) atoms. The largest absolute Gasteiger partial charge is 0.494 e. The van der Waals surface area contributed by atoms with Crippen LogP contribution in [0.1, 0.15) is 39.8 Å². The van der Waals surface area contributed by atoms with Gasteiger partial charge in [0.15, 0.2) is 0 Å². The van der Waals surface area contributed by atoms with E-state index in [0.717, 1.165) is 28.2 Å². The summed E-state index contributed by atoms with van der Waals surface area (Å²) in [6.07, 6.45) is 1.57. The molecule has 0 bridgehead atoms. The lowest BCUT2D eigenvalue weighted by molar-refractivity contribution is -0.112. The summed E-state index contributed by atoms with van der Waals surface area (Å²) in [6.45, 7) is 8.15. The number of hydrogen-bond acceptors (Lipinski definition) is 5. The van der Waals surface area contributed by atoms with Crippen LogP contribution in [-0.4, -0.2) is 30.2 Å². The monoisotopic (exact) mass is 457 g/mol. The van der Waals surface area contributed by atoms with E-state index in [1.54, 1.807) is 42.5 Å². The Hall–Kier alpha value is -4.31. The van der Waals surface area contributed by atoms with Gasteiger partial charge in [-0.25, -0.2) is 4.79 Å². The number of nitrogens with zero attached hydrogens (tertiary/aromatic N) is 2. The molecule has 0 unspecified atom stereocenters. The Balaban J connectivity index is 1.93. The van der Waals surface area contributed by atoms with Crippen LogP contribution in [0.15, 0.2) is 54.1 Å². The summed E-state index contributed by atoms with van der Waals surface area (Å²) in [5, 5.41) is 12.4. The molecule has 0 aliphatic carbocycles. The van der Waals surface area contributed by atoms with Crippen molar-refractivity contribution in [2.45, 2.75) is 27.7 Å². The van der Waals surface area contributed by atoms with E-state index in [0.29, 0.717) is 23.6 Å². The van der Waals surface area contributed by atoms with Gasteiger partial charge in [-0.1, -0.05) is 6.07 Å². The molecule has 3 aromatic rings. The van der Waals surface area contributed by atoms with Crippen molar-refractivity contribution in [3.05, 3.63) is 82.2 Å². The molecule has 0 radical (unpaired) electrons. The topological polar surface area (TPSA) is 93.4 Å². The van der Waals surface area contributed by atoms with E-state index in [4.69, 9.17) is 9.47 Å². The van der Waals surface area contributed by atoms with Crippen molar-refractivity contribution in [3.8, 4) is 17.5 Å². The highest BCUT2D eigenvalue weighted by Gasteiger charge is 2.18. The summed E-state index contributed by atoms with van der Waals surface area (Å²) in [4.78, 5) is 24.9. The number of rotatable bonds is 7. The molecule has 3 rings (SSSR count). The van der Waals surface area contributed by atoms with Gasteiger partial charge in [0.1, 0.15) is 17.4 Å². The minimum absolute atomic E-state index is 0.0193. The highest BCUT2D eigenvalue weighted by molar-refractivity contribution is 6.09. The van der Waals surface area contributed by atoms with E-state index in [-0.39, 0.29) is 5.57 Å². The highest BCUT2D eigenvalue weighted by atomic mass is 16.5. The van der Waals surface area contributed by atoms with Gasteiger partial charge in [-0.15, -0.1) is 0 Å². The van der Waals surface area contributed by atoms with Crippen LogP contribution < -0.4 is 10.1 Å². The van der Waals surface area contributed by atoms with Crippen molar-refractivity contribution in [1.29, 1.82) is 5.26 Å². The third-order valence-electron chi connectivity index (χ3n) is 5.51.